The molecule has 0 radical (unpaired) electrons. The van der Waals surface area contributed by atoms with E-state index < -0.39 is 0 Å². The minimum absolute atomic E-state index is 0.0895. The number of carbonyl (C=O) groups excluding carboxylic acids is 1. The first kappa shape index (κ1) is 18.4. The molecule has 1 atom stereocenters. The lowest BCUT2D eigenvalue weighted by Crippen LogP contribution is -2.48. The van der Waals surface area contributed by atoms with E-state index in [1.54, 1.807) is 12.1 Å². The number of likely N-dealkylation sites (tertiary alicyclic amines) is 1. The molecule has 0 N–H and O–H groups in total. The SMILES string of the molecule is CCN(C)[C@H]1CN(C(=O)CCc2ccc(F)cc2)C2(CCCCC2)C1. The van der Waals surface area contributed by atoms with Gasteiger partial charge in [0.25, 0.3) is 0 Å². The molecule has 3 rings (SSSR count). The van der Waals surface area contributed by atoms with Gasteiger partial charge in [-0.25, -0.2) is 4.39 Å². The van der Waals surface area contributed by atoms with Crippen LogP contribution in [0.15, 0.2) is 24.3 Å². The van der Waals surface area contributed by atoms with Crippen molar-refractivity contribution in [1.82, 2.24) is 9.80 Å². The summed E-state index contributed by atoms with van der Waals surface area (Å²) in [5.74, 6) is 0.0550. The van der Waals surface area contributed by atoms with E-state index in [1.165, 1.54) is 31.4 Å². The molecule has 2 fully saturated rings. The van der Waals surface area contributed by atoms with Gasteiger partial charge in [0.05, 0.1) is 0 Å². The molecule has 1 aromatic carbocycles. The number of halogens is 1. The van der Waals surface area contributed by atoms with Crippen molar-refractivity contribution in [3.05, 3.63) is 35.6 Å². The molecule has 1 aromatic rings. The van der Waals surface area contributed by atoms with Gasteiger partial charge in [-0.1, -0.05) is 38.3 Å². The maximum Gasteiger partial charge on any atom is 0.223 e. The Morgan fingerprint density at radius 2 is 1.92 bits per heavy atom. The van der Waals surface area contributed by atoms with Gasteiger partial charge >= 0.3 is 0 Å². The molecule has 0 aromatic heterocycles. The predicted octanol–water partition coefficient (Wildman–Crippen LogP) is 4.01. The molecule has 1 aliphatic carbocycles. The van der Waals surface area contributed by atoms with Crippen molar-refractivity contribution in [2.75, 3.05) is 20.1 Å². The second-order valence-corrected chi connectivity index (χ2v) is 7.85. The summed E-state index contributed by atoms with van der Waals surface area (Å²) < 4.78 is 13.0. The van der Waals surface area contributed by atoms with Crippen LogP contribution in [0.5, 0.6) is 0 Å². The highest BCUT2D eigenvalue weighted by Crippen LogP contribution is 2.43. The van der Waals surface area contributed by atoms with E-state index in [-0.39, 0.29) is 17.3 Å². The molecule has 0 unspecified atom stereocenters. The van der Waals surface area contributed by atoms with Gasteiger partial charge in [0.1, 0.15) is 5.82 Å². The van der Waals surface area contributed by atoms with Gasteiger partial charge in [0, 0.05) is 24.5 Å². The lowest BCUT2D eigenvalue weighted by molar-refractivity contribution is -0.136. The summed E-state index contributed by atoms with van der Waals surface area (Å²) in [6, 6.07) is 7.01. The van der Waals surface area contributed by atoms with Crippen LogP contribution >= 0.6 is 0 Å². The van der Waals surface area contributed by atoms with Crippen LogP contribution in [0.3, 0.4) is 0 Å². The molecule has 1 saturated heterocycles. The molecular formula is C21H31FN2O. The quantitative estimate of drug-likeness (QED) is 0.804. The van der Waals surface area contributed by atoms with Gasteiger partial charge in [-0.15, -0.1) is 0 Å². The van der Waals surface area contributed by atoms with E-state index in [4.69, 9.17) is 0 Å². The predicted molar refractivity (Wildman–Crippen MR) is 99.0 cm³/mol. The van der Waals surface area contributed by atoms with Crippen molar-refractivity contribution in [3.63, 3.8) is 0 Å². The van der Waals surface area contributed by atoms with E-state index in [9.17, 15) is 9.18 Å². The van der Waals surface area contributed by atoms with Gasteiger partial charge < -0.3 is 9.80 Å². The summed E-state index contributed by atoms with van der Waals surface area (Å²) in [7, 11) is 2.17. The lowest BCUT2D eigenvalue weighted by Gasteiger charge is -2.41. The van der Waals surface area contributed by atoms with Crippen LogP contribution in [0.1, 0.15) is 57.4 Å². The van der Waals surface area contributed by atoms with Crippen molar-refractivity contribution < 1.29 is 9.18 Å². The summed E-state index contributed by atoms with van der Waals surface area (Å²) in [5.41, 5.74) is 1.13. The number of carbonyl (C=O) groups is 1. The fourth-order valence-corrected chi connectivity index (χ4v) is 4.66. The average Bonchev–Trinajstić information content (AvgIpc) is 2.99. The summed E-state index contributed by atoms with van der Waals surface area (Å²) >= 11 is 0. The van der Waals surface area contributed by atoms with Crippen LogP contribution in [0.25, 0.3) is 0 Å². The molecule has 1 aliphatic heterocycles. The third kappa shape index (κ3) is 4.05. The number of amides is 1. The Kier molecular flexibility index (Phi) is 5.78. The summed E-state index contributed by atoms with van der Waals surface area (Å²) in [4.78, 5) is 17.7. The number of hydrogen-bond donors (Lipinski definition) is 0. The lowest BCUT2D eigenvalue weighted by atomic mass is 9.79. The first-order valence-corrected chi connectivity index (χ1v) is 9.79. The topological polar surface area (TPSA) is 23.6 Å². The normalized spacial score (nSPS) is 22.7. The van der Waals surface area contributed by atoms with Crippen LogP contribution in [-0.4, -0.2) is 47.4 Å². The Morgan fingerprint density at radius 1 is 1.24 bits per heavy atom. The summed E-state index contributed by atoms with van der Waals surface area (Å²) in [6.45, 7) is 4.08. The molecule has 1 spiro atoms. The van der Waals surface area contributed by atoms with Crippen molar-refractivity contribution in [3.8, 4) is 0 Å². The van der Waals surface area contributed by atoms with Crippen LogP contribution in [0.2, 0.25) is 0 Å². The number of nitrogens with zero attached hydrogens (tertiary/aromatic N) is 2. The number of likely N-dealkylation sites (N-methyl/N-ethyl adjacent to an activating group) is 1. The number of aryl methyl sites for hydroxylation is 1. The van der Waals surface area contributed by atoms with Crippen molar-refractivity contribution >= 4 is 5.91 Å². The molecular weight excluding hydrogens is 315 g/mol. The number of rotatable bonds is 5. The summed E-state index contributed by atoms with van der Waals surface area (Å²) in [5, 5.41) is 0. The zero-order valence-corrected chi connectivity index (χ0v) is 15.6. The van der Waals surface area contributed by atoms with Crippen molar-refractivity contribution in [2.45, 2.75) is 69.9 Å². The zero-order chi connectivity index (χ0) is 17.9. The van der Waals surface area contributed by atoms with E-state index in [0.717, 1.165) is 37.9 Å². The Bertz CT molecular complexity index is 580. The Labute approximate surface area is 151 Å². The number of hydrogen-bond acceptors (Lipinski definition) is 2. The van der Waals surface area contributed by atoms with Gasteiger partial charge in [0.2, 0.25) is 5.91 Å². The van der Waals surface area contributed by atoms with Crippen LogP contribution in [0, 0.1) is 5.82 Å². The molecule has 25 heavy (non-hydrogen) atoms. The first-order chi connectivity index (χ1) is 12.0. The Morgan fingerprint density at radius 3 is 2.56 bits per heavy atom. The molecule has 4 heteroatoms. The van der Waals surface area contributed by atoms with Gasteiger partial charge in [0.15, 0.2) is 0 Å². The average molecular weight is 346 g/mol. The number of benzene rings is 1. The maximum absolute atomic E-state index is 13.0. The highest BCUT2D eigenvalue weighted by Gasteiger charge is 2.48. The monoisotopic (exact) mass is 346 g/mol. The van der Waals surface area contributed by atoms with E-state index in [0.29, 0.717) is 18.9 Å². The van der Waals surface area contributed by atoms with E-state index in [1.807, 2.05) is 0 Å². The standard InChI is InChI=1S/C21H31FN2O/c1-3-23(2)19-15-21(13-5-4-6-14-21)24(16-19)20(25)12-9-17-7-10-18(22)11-8-17/h7-8,10-11,19H,3-6,9,12-16H2,1-2H3/t19-/m1/s1. The first-order valence-electron chi connectivity index (χ1n) is 9.79. The molecule has 1 heterocycles. The third-order valence-corrected chi connectivity index (χ3v) is 6.33. The Balaban J connectivity index is 1.68. The fraction of sp³-hybridized carbons (Fsp3) is 0.667. The second-order valence-electron chi connectivity index (χ2n) is 7.85. The van der Waals surface area contributed by atoms with Gasteiger partial charge in [-0.05, 0) is 57.0 Å². The third-order valence-electron chi connectivity index (χ3n) is 6.33. The molecule has 2 aliphatic rings. The van der Waals surface area contributed by atoms with E-state index in [2.05, 4.69) is 23.8 Å². The van der Waals surface area contributed by atoms with Crippen molar-refractivity contribution in [2.24, 2.45) is 0 Å². The maximum atomic E-state index is 13.0. The fourth-order valence-electron chi connectivity index (χ4n) is 4.66. The largest absolute Gasteiger partial charge is 0.335 e. The van der Waals surface area contributed by atoms with Crippen LogP contribution < -0.4 is 0 Å². The highest BCUT2D eigenvalue weighted by atomic mass is 19.1. The minimum Gasteiger partial charge on any atom is -0.335 e. The molecule has 138 valence electrons. The minimum atomic E-state index is -0.221. The smallest absolute Gasteiger partial charge is 0.223 e. The van der Waals surface area contributed by atoms with E-state index >= 15 is 0 Å². The van der Waals surface area contributed by atoms with Crippen LogP contribution in [0.4, 0.5) is 4.39 Å². The summed E-state index contributed by atoms with van der Waals surface area (Å²) in [6.07, 6.45) is 8.43. The Hall–Kier alpha value is -1.42. The zero-order valence-electron chi connectivity index (χ0n) is 15.6. The second kappa shape index (κ2) is 7.86. The molecule has 0 bridgehead atoms. The van der Waals surface area contributed by atoms with Crippen LogP contribution in [-0.2, 0) is 11.2 Å². The molecule has 1 amide bonds. The molecule has 3 nitrogen and oxygen atoms in total. The van der Waals surface area contributed by atoms with Gasteiger partial charge in [-0.2, -0.15) is 0 Å². The molecule has 1 saturated carbocycles. The highest BCUT2D eigenvalue weighted by molar-refractivity contribution is 5.78. The van der Waals surface area contributed by atoms with Crippen molar-refractivity contribution in [1.29, 1.82) is 0 Å². The van der Waals surface area contributed by atoms with Gasteiger partial charge in [-0.3, -0.25) is 4.79 Å².